The zero-order valence-electron chi connectivity index (χ0n) is 16.1. The Bertz CT molecular complexity index is 1190. The predicted octanol–water partition coefficient (Wildman–Crippen LogP) is 3.45. The summed E-state index contributed by atoms with van der Waals surface area (Å²) in [7, 11) is -3.69. The first-order valence-corrected chi connectivity index (χ1v) is 11.8. The van der Waals surface area contributed by atoms with Gasteiger partial charge in [-0.15, -0.1) is 17.8 Å². The van der Waals surface area contributed by atoms with E-state index in [-0.39, 0.29) is 23.4 Å². The van der Waals surface area contributed by atoms with E-state index in [1.807, 2.05) is 35.2 Å². The third-order valence-electron chi connectivity index (χ3n) is 5.12. The Kier molecular flexibility index (Phi) is 5.73. The van der Waals surface area contributed by atoms with Crippen molar-refractivity contribution >= 4 is 27.3 Å². The third-order valence-corrected chi connectivity index (χ3v) is 7.53. The Morgan fingerprint density at radius 2 is 1.87 bits per heavy atom. The molecule has 1 unspecified atom stereocenters. The van der Waals surface area contributed by atoms with Crippen molar-refractivity contribution in [2.24, 2.45) is 0 Å². The number of thiophene rings is 1. The van der Waals surface area contributed by atoms with Crippen LogP contribution in [0.5, 0.6) is 0 Å². The molecule has 0 bridgehead atoms. The van der Waals surface area contributed by atoms with Crippen LogP contribution in [0, 0.1) is 12.3 Å². The minimum absolute atomic E-state index is 0.0766. The van der Waals surface area contributed by atoms with E-state index in [9.17, 15) is 13.2 Å². The van der Waals surface area contributed by atoms with E-state index in [1.165, 1.54) is 17.0 Å². The summed E-state index contributed by atoms with van der Waals surface area (Å²) in [6.07, 6.45) is 5.93. The highest BCUT2D eigenvalue weighted by Gasteiger charge is 2.33. The Morgan fingerprint density at radius 3 is 2.57 bits per heavy atom. The lowest BCUT2D eigenvalue weighted by atomic mass is 9.92. The van der Waals surface area contributed by atoms with Gasteiger partial charge in [-0.2, -0.15) is 4.72 Å². The van der Waals surface area contributed by atoms with Gasteiger partial charge in [-0.05, 0) is 53.3 Å². The maximum Gasteiger partial charge on any atom is 0.254 e. The van der Waals surface area contributed by atoms with Crippen LogP contribution in [0.1, 0.15) is 32.4 Å². The lowest BCUT2D eigenvalue weighted by molar-refractivity contribution is 0.0696. The number of carbonyl (C=O) groups excluding carboxylic acids is 1. The Hall–Kier alpha value is -2.92. The molecular formula is C23H20N2O3S2. The molecule has 2 heterocycles. The molecule has 1 amide bonds. The number of nitrogens with one attached hydrogen (secondary N) is 1. The molecule has 0 fully saturated rings. The molecule has 0 saturated carbocycles. The average Bonchev–Trinajstić information content (AvgIpc) is 3.26. The van der Waals surface area contributed by atoms with Gasteiger partial charge in [0, 0.05) is 17.0 Å². The minimum atomic E-state index is -3.69. The lowest BCUT2D eigenvalue weighted by Gasteiger charge is -2.36. The summed E-state index contributed by atoms with van der Waals surface area (Å²) >= 11 is 1.72. The maximum absolute atomic E-state index is 13.4. The number of hydrogen-bond donors (Lipinski definition) is 1. The number of terminal acetylenes is 1. The van der Waals surface area contributed by atoms with Crippen LogP contribution in [-0.2, 0) is 16.4 Å². The van der Waals surface area contributed by atoms with Gasteiger partial charge >= 0.3 is 0 Å². The highest BCUT2D eigenvalue weighted by molar-refractivity contribution is 7.89. The van der Waals surface area contributed by atoms with E-state index in [0.717, 1.165) is 17.5 Å². The van der Waals surface area contributed by atoms with E-state index in [2.05, 4.69) is 22.1 Å². The number of rotatable bonds is 5. The summed E-state index contributed by atoms with van der Waals surface area (Å²) in [5.74, 6) is 2.12. The summed E-state index contributed by atoms with van der Waals surface area (Å²) in [6.45, 7) is 0.522. The zero-order valence-corrected chi connectivity index (χ0v) is 17.7. The molecule has 30 heavy (non-hydrogen) atoms. The van der Waals surface area contributed by atoms with E-state index < -0.39 is 10.0 Å². The molecule has 0 saturated heterocycles. The van der Waals surface area contributed by atoms with Gasteiger partial charge in [0.25, 0.3) is 5.91 Å². The van der Waals surface area contributed by atoms with Crippen molar-refractivity contribution in [1.29, 1.82) is 0 Å². The molecule has 1 N–H and O–H groups in total. The first kappa shape index (κ1) is 20.4. The Morgan fingerprint density at radius 1 is 1.13 bits per heavy atom. The second-order valence-corrected chi connectivity index (χ2v) is 9.68. The van der Waals surface area contributed by atoms with Crippen LogP contribution in [0.2, 0.25) is 0 Å². The van der Waals surface area contributed by atoms with Crippen molar-refractivity contribution in [3.8, 4) is 12.3 Å². The number of sulfonamides is 1. The quantitative estimate of drug-likeness (QED) is 0.623. The largest absolute Gasteiger partial charge is 0.327 e. The van der Waals surface area contributed by atoms with Crippen LogP contribution >= 0.6 is 11.3 Å². The SMILES string of the molecule is C#CCNS(=O)(=O)c1ccc(C(=O)N2CCc3sccc3C2c2ccccc2)cc1. The first-order valence-electron chi connectivity index (χ1n) is 9.46. The van der Waals surface area contributed by atoms with Gasteiger partial charge < -0.3 is 4.90 Å². The topological polar surface area (TPSA) is 66.5 Å². The number of nitrogens with zero attached hydrogens (tertiary/aromatic N) is 1. The van der Waals surface area contributed by atoms with Crippen molar-refractivity contribution in [3.63, 3.8) is 0 Å². The number of hydrogen-bond acceptors (Lipinski definition) is 4. The van der Waals surface area contributed by atoms with Gasteiger partial charge in [-0.1, -0.05) is 36.3 Å². The van der Waals surface area contributed by atoms with E-state index in [0.29, 0.717) is 12.1 Å². The molecule has 1 aromatic heterocycles. The molecule has 2 aromatic carbocycles. The summed E-state index contributed by atoms with van der Waals surface area (Å²) in [5.41, 5.74) is 2.66. The molecule has 3 aromatic rings. The van der Waals surface area contributed by atoms with Gasteiger partial charge in [0.2, 0.25) is 10.0 Å². The number of carbonyl (C=O) groups is 1. The standard InChI is InChI=1S/C23H20N2O3S2/c1-2-14-24-30(27,28)19-10-8-18(9-11-19)23(26)25-15-12-21-20(13-16-29-21)22(25)17-6-4-3-5-7-17/h1,3-11,13,16,22,24H,12,14-15H2. The minimum Gasteiger partial charge on any atom is -0.327 e. The molecule has 152 valence electrons. The normalized spacial score (nSPS) is 16.0. The number of benzene rings is 2. The number of amides is 1. The first-order chi connectivity index (χ1) is 14.5. The lowest BCUT2D eigenvalue weighted by Crippen LogP contribution is -2.40. The van der Waals surface area contributed by atoms with Gasteiger partial charge in [0.1, 0.15) is 0 Å². The molecule has 5 nitrogen and oxygen atoms in total. The van der Waals surface area contributed by atoms with Crippen LogP contribution in [0.15, 0.2) is 70.9 Å². The summed E-state index contributed by atoms with van der Waals surface area (Å²) < 4.78 is 26.8. The number of fused-ring (bicyclic) bond motifs is 1. The van der Waals surface area contributed by atoms with Crippen molar-refractivity contribution in [2.45, 2.75) is 17.4 Å². The molecular weight excluding hydrogens is 416 g/mol. The van der Waals surface area contributed by atoms with E-state index in [1.54, 1.807) is 23.5 Å². The van der Waals surface area contributed by atoms with E-state index in [4.69, 9.17) is 6.42 Å². The van der Waals surface area contributed by atoms with Crippen LogP contribution in [0.25, 0.3) is 0 Å². The molecule has 0 aliphatic carbocycles. The summed E-state index contributed by atoms with van der Waals surface area (Å²) in [4.78, 5) is 16.6. The van der Waals surface area contributed by atoms with Crippen molar-refractivity contribution in [2.75, 3.05) is 13.1 Å². The van der Waals surface area contributed by atoms with Crippen LogP contribution < -0.4 is 4.72 Å². The van der Waals surface area contributed by atoms with Gasteiger partial charge in [-0.25, -0.2) is 8.42 Å². The zero-order chi connectivity index (χ0) is 21.1. The highest BCUT2D eigenvalue weighted by Crippen LogP contribution is 2.38. The predicted molar refractivity (Wildman–Crippen MR) is 118 cm³/mol. The average molecular weight is 437 g/mol. The molecule has 0 radical (unpaired) electrons. The summed E-state index contributed by atoms with van der Waals surface area (Å²) in [6, 6.07) is 17.9. The summed E-state index contributed by atoms with van der Waals surface area (Å²) in [5, 5.41) is 2.07. The molecule has 1 atom stereocenters. The fraction of sp³-hybridized carbons (Fsp3) is 0.174. The van der Waals surface area contributed by atoms with Gasteiger partial charge in [0.15, 0.2) is 0 Å². The van der Waals surface area contributed by atoms with Gasteiger partial charge in [0.05, 0.1) is 17.5 Å². The van der Waals surface area contributed by atoms with Crippen molar-refractivity contribution < 1.29 is 13.2 Å². The molecule has 1 aliphatic rings. The highest BCUT2D eigenvalue weighted by atomic mass is 32.2. The smallest absolute Gasteiger partial charge is 0.254 e. The molecule has 7 heteroatoms. The van der Waals surface area contributed by atoms with Crippen molar-refractivity contribution in [1.82, 2.24) is 9.62 Å². The maximum atomic E-state index is 13.4. The van der Waals surface area contributed by atoms with Crippen LogP contribution in [0.3, 0.4) is 0 Å². The monoisotopic (exact) mass is 436 g/mol. The third kappa shape index (κ3) is 3.90. The second-order valence-electron chi connectivity index (χ2n) is 6.91. The molecule has 0 spiro atoms. The fourth-order valence-electron chi connectivity index (χ4n) is 3.69. The fourth-order valence-corrected chi connectivity index (χ4v) is 5.53. The Labute approximate surface area is 180 Å². The van der Waals surface area contributed by atoms with Gasteiger partial charge in [-0.3, -0.25) is 4.79 Å². The van der Waals surface area contributed by atoms with Crippen LogP contribution in [0.4, 0.5) is 0 Å². The second kappa shape index (κ2) is 8.44. The van der Waals surface area contributed by atoms with Crippen molar-refractivity contribution in [3.05, 3.63) is 87.6 Å². The van der Waals surface area contributed by atoms with Crippen LogP contribution in [-0.4, -0.2) is 32.3 Å². The molecule has 4 rings (SSSR count). The Balaban J connectivity index is 1.65. The molecule has 1 aliphatic heterocycles. The van der Waals surface area contributed by atoms with E-state index >= 15 is 0 Å².